The smallest absolute Gasteiger partial charge is 0.338 e. The quantitative estimate of drug-likeness (QED) is 0.522. The second-order valence-electron chi connectivity index (χ2n) is 5.85. The summed E-state index contributed by atoms with van der Waals surface area (Å²) < 4.78 is 7.89. The molecule has 26 heavy (non-hydrogen) atoms. The van der Waals surface area contributed by atoms with Crippen LogP contribution in [0.2, 0.25) is 0 Å². The van der Waals surface area contributed by atoms with E-state index in [4.69, 9.17) is 4.74 Å². The zero-order valence-corrected chi connectivity index (χ0v) is 14.8. The summed E-state index contributed by atoms with van der Waals surface area (Å²) in [7, 11) is 0. The number of rotatable bonds is 5. The van der Waals surface area contributed by atoms with Gasteiger partial charge in [0.25, 0.3) is 0 Å². The maximum absolute atomic E-state index is 12.7. The number of esters is 1. The lowest BCUT2D eigenvalue weighted by atomic mass is 10.1. The Labute approximate surface area is 150 Å². The fourth-order valence-electron chi connectivity index (χ4n) is 3.00. The summed E-state index contributed by atoms with van der Waals surface area (Å²) in [4.78, 5) is 37.3. The molecule has 2 aromatic carbocycles. The van der Waals surface area contributed by atoms with Gasteiger partial charge in [-0.05, 0) is 37.6 Å². The van der Waals surface area contributed by atoms with E-state index >= 15 is 0 Å². The third kappa shape index (κ3) is 3.18. The lowest BCUT2D eigenvalue weighted by molar-refractivity contribution is 0.0526. The number of hydrogen-bond acceptors (Lipinski definition) is 4. The fraction of sp³-hybridized carbons (Fsp3) is 0.250. The first-order valence-corrected chi connectivity index (χ1v) is 8.55. The normalized spacial score (nSPS) is 10.8. The van der Waals surface area contributed by atoms with Gasteiger partial charge in [-0.3, -0.25) is 14.2 Å². The number of hydrogen-bond donors (Lipinski definition) is 0. The van der Waals surface area contributed by atoms with Crippen LogP contribution in [0.15, 0.2) is 58.1 Å². The molecule has 0 saturated heterocycles. The van der Waals surface area contributed by atoms with Gasteiger partial charge < -0.3 is 9.30 Å². The van der Waals surface area contributed by atoms with Crippen LogP contribution in [0.25, 0.3) is 11.0 Å². The highest BCUT2D eigenvalue weighted by Gasteiger charge is 2.15. The van der Waals surface area contributed by atoms with Crippen LogP contribution < -0.4 is 11.1 Å². The van der Waals surface area contributed by atoms with E-state index in [1.807, 2.05) is 30.3 Å². The molecule has 0 N–H and O–H groups in total. The Morgan fingerprint density at radius 3 is 2.27 bits per heavy atom. The fourth-order valence-corrected chi connectivity index (χ4v) is 3.00. The number of benzene rings is 2. The summed E-state index contributed by atoms with van der Waals surface area (Å²) in [5.41, 5.74) is 1.21. The van der Waals surface area contributed by atoms with Gasteiger partial charge in [0.1, 0.15) is 0 Å². The minimum Gasteiger partial charge on any atom is -0.462 e. The predicted molar refractivity (Wildman–Crippen MR) is 99.6 cm³/mol. The second kappa shape index (κ2) is 7.39. The molecule has 0 aliphatic rings. The Morgan fingerprint density at radius 2 is 1.62 bits per heavy atom. The molecule has 3 rings (SSSR count). The van der Waals surface area contributed by atoms with Crippen LogP contribution in [-0.2, 0) is 17.8 Å². The maximum Gasteiger partial charge on any atom is 0.338 e. The number of aromatic nitrogens is 2. The van der Waals surface area contributed by atoms with Crippen molar-refractivity contribution < 1.29 is 9.53 Å². The zero-order valence-electron chi connectivity index (χ0n) is 14.8. The first kappa shape index (κ1) is 17.7. The summed E-state index contributed by atoms with van der Waals surface area (Å²) in [5, 5.41) is 0. The number of nitrogens with zero attached hydrogens (tertiary/aromatic N) is 2. The number of aryl methyl sites for hydroxylation is 1. The van der Waals surface area contributed by atoms with Crippen LogP contribution in [0.1, 0.15) is 29.8 Å². The third-order valence-corrected chi connectivity index (χ3v) is 4.24. The van der Waals surface area contributed by atoms with Crippen molar-refractivity contribution in [2.24, 2.45) is 0 Å². The highest BCUT2D eigenvalue weighted by Crippen LogP contribution is 2.16. The summed E-state index contributed by atoms with van der Waals surface area (Å²) in [6.07, 6.45) is 0. The Kier molecular flexibility index (Phi) is 5.02. The van der Waals surface area contributed by atoms with E-state index in [-0.39, 0.29) is 13.2 Å². The Bertz CT molecular complexity index is 1060. The van der Waals surface area contributed by atoms with Gasteiger partial charge in [-0.2, -0.15) is 0 Å². The van der Waals surface area contributed by atoms with E-state index in [1.165, 1.54) is 9.13 Å². The first-order valence-electron chi connectivity index (χ1n) is 8.55. The Morgan fingerprint density at radius 1 is 0.923 bits per heavy atom. The molecule has 1 aromatic heterocycles. The number of fused-ring (bicyclic) bond motifs is 1. The number of ether oxygens (including phenoxy) is 1. The van der Waals surface area contributed by atoms with Crippen molar-refractivity contribution in [1.82, 2.24) is 9.13 Å². The predicted octanol–water partition coefficient (Wildman–Crippen LogP) is 2.41. The van der Waals surface area contributed by atoms with Gasteiger partial charge in [0, 0.05) is 6.54 Å². The van der Waals surface area contributed by atoms with Crippen LogP contribution in [-0.4, -0.2) is 21.7 Å². The SMILES string of the molecule is CCOC(=O)c1ccc2c(c1)n(Cc1ccccc1)c(=O)c(=O)n2CC. The van der Waals surface area contributed by atoms with Crippen LogP contribution >= 0.6 is 0 Å². The van der Waals surface area contributed by atoms with Crippen LogP contribution in [0.3, 0.4) is 0 Å². The molecule has 0 fully saturated rings. The summed E-state index contributed by atoms with van der Waals surface area (Å²) in [6, 6.07) is 14.3. The molecule has 0 radical (unpaired) electrons. The molecule has 6 heteroatoms. The standard InChI is InChI=1S/C20H20N2O4/c1-3-21-16-11-10-15(20(25)26-4-2)12-17(16)22(19(24)18(21)23)13-14-8-6-5-7-9-14/h5-12H,3-4,13H2,1-2H3. The van der Waals surface area contributed by atoms with Crippen molar-refractivity contribution in [2.75, 3.05) is 6.61 Å². The molecule has 0 unspecified atom stereocenters. The van der Waals surface area contributed by atoms with Crippen LogP contribution in [0.4, 0.5) is 0 Å². The molecule has 0 spiro atoms. The number of carbonyl (C=O) groups is 1. The highest BCUT2D eigenvalue weighted by atomic mass is 16.5. The zero-order chi connectivity index (χ0) is 18.7. The van der Waals surface area contributed by atoms with E-state index < -0.39 is 17.1 Å². The van der Waals surface area contributed by atoms with Gasteiger partial charge in [-0.1, -0.05) is 30.3 Å². The molecule has 3 aromatic rings. The van der Waals surface area contributed by atoms with Crippen molar-refractivity contribution >= 4 is 17.0 Å². The molecule has 134 valence electrons. The van der Waals surface area contributed by atoms with Crippen LogP contribution in [0.5, 0.6) is 0 Å². The largest absolute Gasteiger partial charge is 0.462 e. The van der Waals surface area contributed by atoms with Gasteiger partial charge in [-0.25, -0.2) is 4.79 Å². The van der Waals surface area contributed by atoms with Gasteiger partial charge >= 0.3 is 17.1 Å². The van der Waals surface area contributed by atoms with Crippen molar-refractivity contribution in [1.29, 1.82) is 0 Å². The average Bonchev–Trinajstić information content (AvgIpc) is 2.66. The summed E-state index contributed by atoms with van der Waals surface area (Å²) in [5.74, 6) is -0.456. The van der Waals surface area contributed by atoms with Gasteiger partial charge in [0.15, 0.2) is 0 Å². The minimum atomic E-state index is -0.607. The van der Waals surface area contributed by atoms with E-state index in [9.17, 15) is 14.4 Å². The first-order chi connectivity index (χ1) is 12.6. The van der Waals surface area contributed by atoms with E-state index in [0.717, 1.165) is 5.56 Å². The van der Waals surface area contributed by atoms with E-state index in [2.05, 4.69) is 0 Å². The number of carbonyl (C=O) groups excluding carboxylic acids is 1. The van der Waals surface area contributed by atoms with Crippen molar-refractivity contribution in [3.8, 4) is 0 Å². The molecular formula is C20H20N2O4. The van der Waals surface area contributed by atoms with Crippen molar-refractivity contribution in [3.63, 3.8) is 0 Å². The average molecular weight is 352 g/mol. The van der Waals surface area contributed by atoms with Crippen molar-refractivity contribution in [2.45, 2.75) is 26.9 Å². The molecule has 6 nitrogen and oxygen atoms in total. The topological polar surface area (TPSA) is 70.3 Å². The minimum absolute atomic E-state index is 0.252. The molecule has 0 aliphatic carbocycles. The molecule has 0 atom stereocenters. The van der Waals surface area contributed by atoms with E-state index in [0.29, 0.717) is 23.1 Å². The van der Waals surface area contributed by atoms with Gasteiger partial charge in [0.05, 0.1) is 29.7 Å². The molecule has 0 aliphatic heterocycles. The Hall–Kier alpha value is -3.15. The molecule has 0 saturated carbocycles. The van der Waals surface area contributed by atoms with Gasteiger partial charge in [0.2, 0.25) is 0 Å². The lowest BCUT2D eigenvalue weighted by Gasteiger charge is -2.15. The van der Waals surface area contributed by atoms with E-state index in [1.54, 1.807) is 32.0 Å². The Balaban J connectivity index is 2.28. The maximum atomic E-state index is 12.7. The molecule has 0 amide bonds. The lowest BCUT2D eigenvalue weighted by Crippen LogP contribution is -2.41. The van der Waals surface area contributed by atoms with Crippen molar-refractivity contribution in [3.05, 3.63) is 80.4 Å². The highest BCUT2D eigenvalue weighted by molar-refractivity contribution is 5.93. The molecular weight excluding hydrogens is 332 g/mol. The summed E-state index contributed by atoms with van der Waals surface area (Å²) >= 11 is 0. The van der Waals surface area contributed by atoms with Crippen LogP contribution in [0, 0.1) is 0 Å². The molecule has 1 heterocycles. The van der Waals surface area contributed by atoms with Gasteiger partial charge in [-0.15, -0.1) is 0 Å². The third-order valence-electron chi connectivity index (χ3n) is 4.24. The monoisotopic (exact) mass is 352 g/mol. The molecule has 0 bridgehead atoms. The second-order valence-corrected chi connectivity index (χ2v) is 5.85. The summed E-state index contributed by atoms with van der Waals surface area (Å²) in [6.45, 7) is 4.43.